The average Bonchev–Trinajstić information content (AvgIpc) is 2.81. The molecule has 2 heterocycles. The Bertz CT molecular complexity index is 715. The minimum Gasteiger partial charge on any atom is -0.316 e. The van der Waals surface area contributed by atoms with Gasteiger partial charge in [-0.25, -0.2) is 8.42 Å². The molecule has 2 aliphatic heterocycles. The first kappa shape index (κ1) is 14.9. The molecule has 0 radical (unpaired) electrons. The molecule has 2 atom stereocenters. The molecular formula is C13H13ClN2O3S2. The number of hydrogen-bond donors (Lipinski definition) is 0. The summed E-state index contributed by atoms with van der Waals surface area (Å²) in [7, 11) is -3.03. The van der Waals surface area contributed by atoms with Gasteiger partial charge in [-0.3, -0.25) is 4.79 Å². The summed E-state index contributed by atoms with van der Waals surface area (Å²) >= 11 is 7.25. The average molecular weight is 345 g/mol. The van der Waals surface area contributed by atoms with Gasteiger partial charge < -0.3 is 4.90 Å². The molecule has 1 aromatic carbocycles. The maximum absolute atomic E-state index is 11.8. The number of fused-ring (bicyclic) bond motifs is 1. The van der Waals surface area contributed by atoms with E-state index in [4.69, 9.17) is 11.6 Å². The van der Waals surface area contributed by atoms with Crippen molar-refractivity contribution in [1.82, 2.24) is 0 Å². The third-order valence-electron chi connectivity index (χ3n) is 3.42. The number of carbonyl (C=O) groups is 1. The van der Waals surface area contributed by atoms with Crippen LogP contribution in [0.2, 0.25) is 5.02 Å². The number of benzene rings is 1. The van der Waals surface area contributed by atoms with Gasteiger partial charge in [0.25, 0.3) is 0 Å². The Morgan fingerprint density at radius 1 is 1.33 bits per heavy atom. The zero-order chi connectivity index (χ0) is 15.2. The zero-order valence-electron chi connectivity index (χ0n) is 11.2. The number of hydrogen-bond acceptors (Lipinski definition) is 4. The van der Waals surface area contributed by atoms with Gasteiger partial charge in [0.2, 0.25) is 5.91 Å². The second-order valence-electron chi connectivity index (χ2n) is 5.06. The SMILES string of the molecule is CC(=O)N=C1SC2CS(=O)(=O)CC2N1c1ccc(Cl)cc1. The number of anilines is 1. The lowest BCUT2D eigenvalue weighted by Gasteiger charge is -2.24. The second-order valence-corrected chi connectivity index (χ2v) is 8.86. The molecule has 0 aromatic heterocycles. The van der Waals surface area contributed by atoms with Crippen LogP contribution in [-0.4, -0.2) is 42.3 Å². The van der Waals surface area contributed by atoms with E-state index in [2.05, 4.69) is 4.99 Å². The Hall–Kier alpha value is -1.05. The van der Waals surface area contributed by atoms with E-state index in [-0.39, 0.29) is 28.7 Å². The van der Waals surface area contributed by atoms with Crippen molar-refractivity contribution in [3.63, 3.8) is 0 Å². The summed E-state index contributed by atoms with van der Waals surface area (Å²) in [6.45, 7) is 1.39. The molecular weight excluding hydrogens is 332 g/mol. The molecule has 0 spiro atoms. The highest BCUT2D eigenvalue weighted by molar-refractivity contribution is 8.16. The fraction of sp³-hybridized carbons (Fsp3) is 0.385. The fourth-order valence-corrected chi connectivity index (χ4v) is 6.69. The molecule has 5 nitrogen and oxygen atoms in total. The topological polar surface area (TPSA) is 66.8 Å². The number of amides is 1. The summed E-state index contributed by atoms with van der Waals surface area (Å²) in [5.74, 6) is -0.0765. The number of amidine groups is 1. The number of rotatable bonds is 1. The summed E-state index contributed by atoms with van der Waals surface area (Å²) < 4.78 is 23.7. The van der Waals surface area contributed by atoms with E-state index < -0.39 is 9.84 Å². The lowest BCUT2D eigenvalue weighted by atomic mass is 10.2. The summed E-state index contributed by atoms with van der Waals surface area (Å²) in [6.07, 6.45) is 0. The highest BCUT2D eigenvalue weighted by Gasteiger charge is 2.49. The van der Waals surface area contributed by atoms with Crippen LogP contribution in [-0.2, 0) is 14.6 Å². The van der Waals surface area contributed by atoms with Crippen LogP contribution in [0.4, 0.5) is 5.69 Å². The maximum Gasteiger partial charge on any atom is 0.244 e. The number of halogens is 1. The van der Waals surface area contributed by atoms with Crippen molar-refractivity contribution >= 4 is 50.0 Å². The van der Waals surface area contributed by atoms with E-state index in [9.17, 15) is 13.2 Å². The third kappa shape index (κ3) is 2.95. The van der Waals surface area contributed by atoms with Crippen LogP contribution in [0.25, 0.3) is 0 Å². The smallest absolute Gasteiger partial charge is 0.244 e. The Morgan fingerprint density at radius 3 is 2.62 bits per heavy atom. The molecule has 0 N–H and O–H groups in total. The molecule has 1 amide bonds. The van der Waals surface area contributed by atoms with Gasteiger partial charge in [0, 0.05) is 22.9 Å². The van der Waals surface area contributed by atoms with Crippen molar-refractivity contribution in [2.24, 2.45) is 4.99 Å². The molecule has 2 aliphatic rings. The van der Waals surface area contributed by atoms with Gasteiger partial charge in [0.15, 0.2) is 15.0 Å². The molecule has 3 rings (SSSR count). The summed E-state index contributed by atoms with van der Waals surface area (Å²) in [6, 6.07) is 6.92. The molecule has 2 unspecified atom stereocenters. The van der Waals surface area contributed by atoms with Crippen LogP contribution in [0.1, 0.15) is 6.92 Å². The Morgan fingerprint density at radius 2 is 2.00 bits per heavy atom. The molecule has 2 fully saturated rings. The molecule has 8 heteroatoms. The van der Waals surface area contributed by atoms with Crippen molar-refractivity contribution in [2.75, 3.05) is 16.4 Å². The molecule has 0 saturated carbocycles. The maximum atomic E-state index is 11.8. The second kappa shape index (κ2) is 5.30. The first-order valence-corrected chi connectivity index (χ1v) is 9.45. The number of thioether (sulfide) groups is 1. The van der Waals surface area contributed by atoms with Crippen LogP contribution in [0.3, 0.4) is 0 Å². The van der Waals surface area contributed by atoms with Crippen molar-refractivity contribution < 1.29 is 13.2 Å². The van der Waals surface area contributed by atoms with E-state index in [0.717, 1.165) is 5.69 Å². The molecule has 0 bridgehead atoms. The van der Waals surface area contributed by atoms with Gasteiger partial charge in [-0.1, -0.05) is 23.4 Å². The predicted molar refractivity (Wildman–Crippen MR) is 85.9 cm³/mol. The van der Waals surface area contributed by atoms with Crippen LogP contribution < -0.4 is 4.90 Å². The van der Waals surface area contributed by atoms with Crippen LogP contribution in [0.5, 0.6) is 0 Å². The molecule has 112 valence electrons. The summed E-state index contributed by atoms with van der Waals surface area (Å²) in [4.78, 5) is 17.2. The standard InChI is InChI=1S/C13H13ClN2O3S2/c1-8(17)15-13-16(10-4-2-9(14)3-5-10)11-6-21(18,19)7-12(11)20-13/h2-5,11-12H,6-7H2,1H3. The van der Waals surface area contributed by atoms with Gasteiger partial charge >= 0.3 is 0 Å². The minimum absolute atomic E-state index is 0.0798. The van der Waals surface area contributed by atoms with E-state index in [1.807, 2.05) is 17.0 Å². The fourth-order valence-electron chi connectivity index (χ4n) is 2.60. The molecule has 21 heavy (non-hydrogen) atoms. The van der Waals surface area contributed by atoms with Gasteiger partial charge in [-0.05, 0) is 24.3 Å². The lowest BCUT2D eigenvalue weighted by molar-refractivity contribution is -0.115. The van der Waals surface area contributed by atoms with Crippen molar-refractivity contribution in [2.45, 2.75) is 18.2 Å². The Balaban J connectivity index is 2.02. The van der Waals surface area contributed by atoms with E-state index in [1.165, 1.54) is 18.7 Å². The molecule has 1 aromatic rings. The first-order chi connectivity index (χ1) is 9.85. The number of aliphatic imine (C=N–C) groups is 1. The number of carbonyl (C=O) groups excluding carboxylic acids is 1. The van der Waals surface area contributed by atoms with Gasteiger partial charge in [0.1, 0.15) is 0 Å². The highest BCUT2D eigenvalue weighted by atomic mass is 35.5. The van der Waals surface area contributed by atoms with Crippen LogP contribution in [0.15, 0.2) is 29.3 Å². The Kier molecular flexibility index (Phi) is 3.75. The first-order valence-electron chi connectivity index (χ1n) is 6.37. The van der Waals surface area contributed by atoms with Crippen molar-refractivity contribution in [3.8, 4) is 0 Å². The van der Waals surface area contributed by atoms with Crippen molar-refractivity contribution in [1.29, 1.82) is 0 Å². The molecule has 2 saturated heterocycles. The summed E-state index contributed by atoms with van der Waals surface area (Å²) in [5.41, 5.74) is 0.802. The van der Waals surface area contributed by atoms with E-state index in [1.54, 1.807) is 12.1 Å². The third-order valence-corrected chi connectivity index (χ3v) is 6.89. The van der Waals surface area contributed by atoms with E-state index >= 15 is 0 Å². The monoisotopic (exact) mass is 344 g/mol. The highest BCUT2D eigenvalue weighted by Crippen LogP contribution is 2.41. The largest absolute Gasteiger partial charge is 0.316 e. The lowest BCUT2D eigenvalue weighted by Crippen LogP contribution is -2.37. The number of sulfone groups is 1. The number of nitrogens with zero attached hydrogens (tertiary/aromatic N) is 2. The normalized spacial score (nSPS) is 28.9. The van der Waals surface area contributed by atoms with Crippen molar-refractivity contribution in [3.05, 3.63) is 29.3 Å². The molecule has 0 aliphatic carbocycles. The van der Waals surface area contributed by atoms with Crippen LogP contribution >= 0.6 is 23.4 Å². The minimum atomic E-state index is -3.03. The quantitative estimate of drug-likeness (QED) is 0.779. The zero-order valence-corrected chi connectivity index (χ0v) is 13.6. The van der Waals surface area contributed by atoms with Gasteiger partial charge in [0.05, 0.1) is 17.5 Å². The van der Waals surface area contributed by atoms with E-state index in [0.29, 0.717) is 10.2 Å². The van der Waals surface area contributed by atoms with Gasteiger partial charge in [-0.2, -0.15) is 4.99 Å². The van der Waals surface area contributed by atoms with Crippen LogP contribution in [0, 0.1) is 0 Å². The summed E-state index contributed by atoms with van der Waals surface area (Å²) in [5, 5.41) is 1.09. The van der Waals surface area contributed by atoms with Gasteiger partial charge in [-0.15, -0.1) is 0 Å². The predicted octanol–water partition coefficient (Wildman–Crippen LogP) is 1.96. The Labute approximate surface area is 132 Å².